The summed E-state index contributed by atoms with van der Waals surface area (Å²) in [5, 5.41) is 45.5. The normalized spacial score (nSPS) is 24.7. The van der Waals surface area contributed by atoms with E-state index in [1.54, 1.807) is 43.3 Å². The van der Waals surface area contributed by atoms with E-state index in [1.165, 1.54) is 0 Å². The Labute approximate surface area is 227 Å². The number of amides is 1. The molecule has 1 amide bonds. The smallest absolute Gasteiger partial charge is 0.255 e. The number of anilines is 1. The van der Waals surface area contributed by atoms with Crippen molar-refractivity contribution < 1.29 is 34.8 Å². The SMILES string of the molecule is CN(C)c1cc(-c2ccc(Cl)c(Cl)c2)c(O)c2c1CC1CC3CC(=O)C(C(N)=O)=C(O)C3(O)C(=O)C1=C2O. The van der Waals surface area contributed by atoms with Crippen LogP contribution in [-0.4, -0.2) is 57.6 Å². The van der Waals surface area contributed by atoms with Crippen LogP contribution in [0.3, 0.4) is 0 Å². The predicted octanol–water partition coefficient (Wildman–Crippen LogP) is 3.46. The zero-order valence-electron chi connectivity index (χ0n) is 20.4. The minimum absolute atomic E-state index is 0.00408. The summed E-state index contributed by atoms with van der Waals surface area (Å²) in [6.45, 7) is 0. The maximum absolute atomic E-state index is 13.7. The Morgan fingerprint density at radius 1 is 1.08 bits per heavy atom. The Hall–Kier alpha value is -3.53. The molecule has 0 heterocycles. The number of hydrogen-bond donors (Lipinski definition) is 5. The molecule has 0 aliphatic heterocycles. The number of fused-ring (bicyclic) bond motifs is 3. The molecule has 5 rings (SSSR count). The van der Waals surface area contributed by atoms with Crippen LogP contribution in [0.4, 0.5) is 5.69 Å². The molecule has 3 aliphatic rings. The lowest BCUT2D eigenvalue weighted by atomic mass is 9.59. The van der Waals surface area contributed by atoms with Crippen LogP contribution in [0.1, 0.15) is 24.0 Å². The standard InChI is InChI=1S/C27H24Cl2N2O7/c1-31(2)17-9-13(10-3-4-15(28)16(29)7-10)22(33)20-14(17)6-11-5-12-8-18(32)21(26(30)37)25(36)27(12,38)24(35)19(11)23(20)34/h3-4,7,9,11-12,33-34,36,38H,5-6,8H2,1-2H3,(H2,30,37). The minimum Gasteiger partial charge on any atom is -0.508 e. The third kappa shape index (κ3) is 3.53. The number of phenolic OH excluding ortho intramolecular Hbond substituents is 1. The minimum atomic E-state index is -2.61. The average Bonchev–Trinajstić information content (AvgIpc) is 2.83. The molecule has 0 bridgehead atoms. The van der Waals surface area contributed by atoms with E-state index in [4.69, 9.17) is 28.9 Å². The molecule has 11 heteroatoms. The summed E-state index contributed by atoms with van der Waals surface area (Å²) in [6.07, 6.45) is -0.105. The number of aliphatic hydroxyl groups excluding tert-OH is 2. The van der Waals surface area contributed by atoms with Gasteiger partial charge in [0.15, 0.2) is 11.4 Å². The number of hydrogen-bond acceptors (Lipinski definition) is 8. The van der Waals surface area contributed by atoms with Gasteiger partial charge in [0.1, 0.15) is 22.8 Å². The zero-order chi connectivity index (χ0) is 27.8. The van der Waals surface area contributed by atoms with Crippen LogP contribution in [-0.2, 0) is 20.8 Å². The number of nitrogens with two attached hydrogens (primary N) is 1. The second kappa shape index (κ2) is 8.76. The first-order valence-electron chi connectivity index (χ1n) is 11.8. The third-order valence-corrected chi connectivity index (χ3v) is 8.49. The summed E-state index contributed by atoms with van der Waals surface area (Å²) in [7, 11) is 3.58. The number of aliphatic hydroxyl groups is 3. The Balaban J connectivity index is 1.75. The monoisotopic (exact) mass is 558 g/mol. The van der Waals surface area contributed by atoms with E-state index in [0.29, 0.717) is 27.4 Å². The van der Waals surface area contributed by atoms with Crippen LogP contribution in [0.25, 0.3) is 16.9 Å². The molecule has 3 unspecified atom stereocenters. The Morgan fingerprint density at radius 2 is 1.76 bits per heavy atom. The van der Waals surface area contributed by atoms with E-state index in [2.05, 4.69) is 0 Å². The van der Waals surface area contributed by atoms with Gasteiger partial charge in [0.25, 0.3) is 5.91 Å². The fourth-order valence-electron chi connectivity index (χ4n) is 5.95. The lowest BCUT2D eigenvalue weighted by Crippen LogP contribution is -2.58. The number of primary amides is 1. The number of rotatable bonds is 3. The molecule has 2 aromatic carbocycles. The van der Waals surface area contributed by atoms with Gasteiger partial charge in [-0.25, -0.2) is 0 Å². The lowest BCUT2D eigenvalue weighted by molar-refractivity contribution is -0.147. The second-order valence-corrected chi connectivity index (χ2v) is 10.9. The summed E-state index contributed by atoms with van der Waals surface area (Å²) < 4.78 is 0. The first kappa shape index (κ1) is 26.1. The van der Waals surface area contributed by atoms with Crippen LogP contribution in [0.15, 0.2) is 41.2 Å². The number of halogens is 2. The van der Waals surface area contributed by atoms with Gasteiger partial charge in [-0.15, -0.1) is 0 Å². The summed E-state index contributed by atoms with van der Waals surface area (Å²) >= 11 is 12.3. The van der Waals surface area contributed by atoms with Gasteiger partial charge in [0.05, 0.1) is 15.6 Å². The van der Waals surface area contributed by atoms with Crippen molar-refractivity contribution in [2.75, 3.05) is 19.0 Å². The van der Waals surface area contributed by atoms with Crippen LogP contribution < -0.4 is 10.6 Å². The van der Waals surface area contributed by atoms with Gasteiger partial charge in [0, 0.05) is 43.3 Å². The van der Waals surface area contributed by atoms with E-state index in [0.717, 1.165) is 0 Å². The fraction of sp³-hybridized carbons (Fsp3) is 0.296. The quantitative estimate of drug-likeness (QED) is 0.357. The van der Waals surface area contributed by atoms with E-state index >= 15 is 0 Å². The summed E-state index contributed by atoms with van der Waals surface area (Å²) in [5.74, 6) is -6.69. The fourth-order valence-corrected chi connectivity index (χ4v) is 6.25. The highest BCUT2D eigenvalue weighted by Gasteiger charge is 2.60. The van der Waals surface area contributed by atoms with Crippen molar-refractivity contribution in [2.24, 2.45) is 17.6 Å². The van der Waals surface area contributed by atoms with Crippen molar-refractivity contribution in [1.29, 1.82) is 0 Å². The average molecular weight is 559 g/mol. The Morgan fingerprint density at radius 3 is 2.37 bits per heavy atom. The summed E-state index contributed by atoms with van der Waals surface area (Å²) in [6, 6.07) is 6.52. The largest absolute Gasteiger partial charge is 0.508 e. The molecule has 0 aromatic heterocycles. The second-order valence-electron chi connectivity index (χ2n) is 10.1. The Bertz CT molecular complexity index is 1530. The molecular formula is C27H24Cl2N2O7. The molecule has 9 nitrogen and oxygen atoms in total. The highest BCUT2D eigenvalue weighted by molar-refractivity contribution is 6.42. The van der Waals surface area contributed by atoms with Gasteiger partial charge in [-0.05, 0) is 48.1 Å². The number of aromatic hydroxyl groups is 1. The van der Waals surface area contributed by atoms with E-state index in [-0.39, 0.29) is 41.2 Å². The summed E-state index contributed by atoms with van der Waals surface area (Å²) in [4.78, 5) is 39.9. The number of nitrogens with zero attached hydrogens (tertiary/aromatic N) is 1. The third-order valence-electron chi connectivity index (χ3n) is 7.75. The van der Waals surface area contributed by atoms with Crippen molar-refractivity contribution in [2.45, 2.75) is 24.9 Å². The molecule has 1 saturated carbocycles. The number of Topliss-reactive ketones (excluding diaryl/α,β-unsaturated/α-hetero) is 2. The number of carbonyl (C=O) groups excluding carboxylic acids is 3. The lowest BCUT2D eigenvalue weighted by Gasteiger charge is -2.46. The number of phenols is 1. The predicted molar refractivity (Wildman–Crippen MR) is 141 cm³/mol. The van der Waals surface area contributed by atoms with Gasteiger partial charge in [-0.3, -0.25) is 14.4 Å². The first-order valence-corrected chi connectivity index (χ1v) is 12.5. The zero-order valence-corrected chi connectivity index (χ0v) is 21.9. The number of carbonyl (C=O) groups is 3. The molecule has 198 valence electrons. The van der Waals surface area contributed by atoms with Crippen molar-refractivity contribution in [3.05, 3.63) is 62.3 Å². The molecular weight excluding hydrogens is 535 g/mol. The van der Waals surface area contributed by atoms with Crippen molar-refractivity contribution in [3.63, 3.8) is 0 Å². The van der Waals surface area contributed by atoms with Crippen LogP contribution in [0.5, 0.6) is 5.75 Å². The molecule has 6 N–H and O–H groups in total. The highest BCUT2D eigenvalue weighted by Crippen LogP contribution is 2.54. The van der Waals surface area contributed by atoms with Crippen LogP contribution >= 0.6 is 23.2 Å². The van der Waals surface area contributed by atoms with Crippen molar-refractivity contribution in [3.8, 4) is 16.9 Å². The maximum atomic E-state index is 13.7. The first-order chi connectivity index (χ1) is 17.8. The van der Waals surface area contributed by atoms with E-state index < -0.39 is 52.0 Å². The van der Waals surface area contributed by atoms with Crippen molar-refractivity contribution >= 4 is 52.1 Å². The Kier molecular flexibility index (Phi) is 6.01. The molecule has 0 radical (unpaired) electrons. The molecule has 0 spiro atoms. The van der Waals surface area contributed by atoms with Crippen LogP contribution in [0, 0.1) is 11.8 Å². The molecule has 1 fully saturated rings. The van der Waals surface area contributed by atoms with E-state index in [1.807, 2.05) is 0 Å². The van der Waals surface area contributed by atoms with Gasteiger partial charge in [-0.1, -0.05) is 29.3 Å². The molecule has 38 heavy (non-hydrogen) atoms. The number of ketones is 2. The molecule has 3 aliphatic carbocycles. The molecule has 0 saturated heterocycles. The van der Waals surface area contributed by atoms with Crippen LogP contribution in [0.2, 0.25) is 10.0 Å². The van der Waals surface area contributed by atoms with E-state index in [9.17, 15) is 34.8 Å². The summed E-state index contributed by atoms with van der Waals surface area (Å²) in [5.41, 5.74) is 3.66. The molecule has 2 aromatic rings. The number of benzene rings is 2. The topological polar surface area (TPSA) is 161 Å². The highest BCUT2D eigenvalue weighted by atomic mass is 35.5. The van der Waals surface area contributed by atoms with Gasteiger partial charge >= 0.3 is 0 Å². The van der Waals surface area contributed by atoms with Gasteiger partial charge < -0.3 is 31.1 Å². The van der Waals surface area contributed by atoms with Gasteiger partial charge in [-0.2, -0.15) is 0 Å². The maximum Gasteiger partial charge on any atom is 0.255 e. The molecule has 3 atom stereocenters. The van der Waals surface area contributed by atoms with Crippen molar-refractivity contribution in [1.82, 2.24) is 0 Å². The van der Waals surface area contributed by atoms with Gasteiger partial charge in [0.2, 0.25) is 5.78 Å².